The second-order valence-electron chi connectivity index (χ2n) is 5.36. The topological polar surface area (TPSA) is 18.5 Å². The van der Waals surface area contributed by atoms with Gasteiger partial charge < -0.3 is 9.47 Å². The van der Waals surface area contributed by atoms with Gasteiger partial charge in [0.05, 0.1) is 13.2 Å². The SMILES string of the molecule is FC1(F)CC2C3C1CCC3C21OCCO1. The number of fused-ring (bicyclic) bond motifs is 2. The van der Waals surface area contributed by atoms with Gasteiger partial charge in [-0.3, -0.25) is 0 Å². The first kappa shape index (κ1) is 8.88. The number of rotatable bonds is 0. The lowest BCUT2D eigenvalue weighted by Gasteiger charge is -2.53. The van der Waals surface area contributed by atoms with E-state index in [1.54, 1.807) is 0 Å². The summed E-state index contributed by atoms with van der Waals surface area (Å²) in [6, 6.07) is 0. The van der Waals surface area contributed by atoms with Crippen LogP contribution in [0.1, 0.15) is 19.3 Å². The Kier molecular flexibility index (Phi) is 1.41. The van der Waals surface area contributed by atoms with E-state index in [1.807, 2.05) is 0 Å². The maximum absolute atomic E-state index is 13.7. The second-order valence-corrected chi connectivity index (χ2v) is 5.36. The van der Waals surface area contributed by atoms with Crippen molar-refractivity contribution in [3.05, 3.63) is 0 Å². The molecule has 0 radical (unpaired) electrons. The minimum absolute atomic E-state index is 0.0150. The molecular formula is C11H14F2O2. The first-order valence-electron chi connectivity index (χ1n) is 5.81. The Hall–Kier alpha value is -0.220. The average Bonchev–Trinajstić information content (AvgIpc) is 2.82. The van der Waals surface area contributed by atoms with Crippen LogP contribution in [0.15, 0.2) is 0 Å². The van der Waals surface area contributed by atoms with Crippen molar-refractivity contribution in [2.75, 3.05) is 13.2 Å². The molecule has 3 aliphatic carbocycles. The standard InChI is InChI=1S/C11H14F2O2/c12-10(13)5-8-9-6(10)1-2-7(9)11(8)14-3-4-15-11/h6-9H,1-5H2. The van der Waals surface area contributed by atoms with Gasteiger partial charge >= 0.3 is 0 Å². The summed E-state index contributed by atoms with van der Waals surface area (Å²) in [6.07, 6.45) is 1.51. The summed E-state index contributed by atoms with van der Waals surface area (Å²) in [6.45, 7) is 1.16. The van der Waals surface area contributed by atoms with Crippen LogP contribution in [0.3, 0.4) is 0 Å². The lowest BCUT2D eigenvalue weighted by molar-refractivity contribution is -0.307. The van der Waals surface area contributed by atoms with Crippen LogP contribution in [-0.4, -0.2) is 24.9 Å². The summed E-state index contributed by atoms with van der Waals surface area (Å²) in [5.74, 6) is -3.05. The quantitative estimate of drug-likeness (QED) is 0.617. The van der Waals surface area contributed by atoms with Crippen LogP contribution < -0.4 is 0 Å². The lowest BCUT2D eigenvalue weighted by atomic mass is 9.62. The highest BCUT2D eigenvalue weighted by molar-refractivity contribution is 5.18. The van der Waals surface area contributed by atoms with Crippen LogP contribution in [0, 0.1) is 23.7 Å². The van der Waals surface area contributed by atoms with Crippen LogP contribution in [0.4, 0.5) is 8.78 Å². The minimum atomic E-state index is -2.47. The van der Waals surface area contributed by atoms with Crippen LogP contribution in [0.25, 0.3) is 0 Å². The molecule has 0 aromatic carbocycles. The predicted molar refractivity (Wildman–Crippen MR) is 47.4 cm³/mol. The fraction of sp³-hybridized carbons (Fsp3) is 1.00. The largest absolute Gasteiger partial charge is 0.347 e. The molecule has 0 aromatic heterocycles. The molecule has 1 heterocycles. The van der Waals surface area contributed by atoms with E-state index in [9.17, 15) is 8.78 Å². The zero-order chi connectivity index (χ0) is 10.3. The van der Waals surface area contributed by atoms with E-state index in [4.69, 9.17) is 9.47 Å². The average molecular weight is 216 g/mol. The van der Waals surface area contributed by atoms with Gasteiger partial charge in [-0.05, 0) is 18.8 Å². The minimum Gasteiger partial charge on any atom is -0.347 e. The highest BCUT2D eigenvalue weighted by atomic mass is 19.3. The fourth-order valence-corrected chi connectivity index (χ4v) is 4.57. The van der Waals surface area contributed by atoms with Gasteiger partial charge in [0.1, 0.15) is 0 Å². The van der Waals surface area contributed by atoms with Crippen LogP contribution in [-0.2, 0) is 9.47 Å². The maximum Gasteiger partial charge on any atom is 0.251 e. The van der Waals surface area contributed by atoms with Gasteiger partial charge in [0.2, 0.25) is 0 Å². The predicted octanol–water partition coefficient (Wildman–Crippen LogP) is 2.04. The Labute approximate surface area is 86.9 Å². The van der Waals surface area contributed by atoms with Crippen molar-refractivity contribution in [3.63, 3.8) is 0 Å². The molecule has 3 saturated carbocycles. The Balaban J connectivity index is 1.74. The molecule has 4 aliphatic rings. The van der Waals surface area contributed by atoms with Gasteiger partial charge in [0.25, 0.3) is 5.92 Å². The number of alkyl halides is 2. The molecule has 1 saturated heterocycles. The first-order chi connectivity index (χ1) is 7.15. The zero-order valence-electron chi connectivity index (χ0n) is 8.42. The van der Waals surface area contributed by atoms with Gasteiger partial charge in [-0.1, -0.05) is 0 Å². The Morgan fingerprint density at radius 3 is 2.33 bits per heavy atom. The van der Waals surface area contributed by atoms with Crippen molar-refractivity contribution >= 4 is 0 Å². The number of ether oxygens (including phenoxy) is 2. The van der Waals surface area contributed by atoms with E-state index >= 15 is 0 Å². The number of hydrogen-bond donors (Lipinski definition) is 0. The zero-order valence-corrected chi connectivity index (χ0v) is 8.42. The van der Waals surface area contributed by atoms with Crippen molar-refractivity contribution in [3.8, 4) is 0 Å². The van der Waals surface area contributed by atoms with E-state index < -0.39 is 11.7 Å². The third kappa shape index (κ3) is 0.804. The van der Waals surface area contributed by atoms with Crippen molar-refractivity contribution in [1.29, 1.82) is 0 Å². The second kappa shape index (κ2) is 2.38. The van der Waals surface area contributed by atoms with Crippen LogP contribution >= 0.6 is 0 Å². The monoisotopic (exact) mass is 216 g/mol. The van der Waals surface area contributed by atoms with E-state index in [-0.39, 0.29) is 30.1 Å². The van der Waals surface area contributed by atoms with Gasteiger partial charge in [0.15, 0.2) is 5.79 Å². The van der Waals surface area contributed by atoms with Crippen molar-refractivity contribution < 1.29 is 18.3 Å². The third-order valence-corrected chi connectivity index (χ3v) is 4.99. The molecule has 0 bridgehead atoms. The summed E-state index contributed by atoms with van der Waals surface area (Å²) >= 11 is 0. The molecule has 4 fully saturated rings. The molecule has 1 aliphatic heterocycles. The fourth-order valence-electron chi connectivity index (χ4n) is 4.57. The van der Waals surface area contributed by atoms with E-state index in [0.717, 1.165) is 6.42 Å². The summed E-state index contributed by atoms with van der Waals surface area (Å²) in [5.41, 5.74) is 0. The lowest BCUT2D eigenvalue weighted by Crippen LogP contribution is -2.60. The molecule has 0 aromatic rings. The highest BCUT2D eigenvalue weighted by Crippen LogP contribution is 2.72. The Morgan fingerprint density at radius 1 is 0.933 bits per heavy atom. The molecule has 4 rings (SSSR count). The molecule has 84 valence electrons. The first-order valence-corrected chi connectivity index (χ1v) is 5.81. The van der Waals surface area contributed by atoms with Crippen molar-refractivity contribution in [2.45, 2.75) is 31.0 Å². The van der Waals surface area contributed by atoms with Gasteiger partial charge in [-0.2, -0.15) is 0 Å². The third-order valence-electron chi connectivity index (χ3n) is 4.99. The molecule has 0 N–H and O–H groups in total. The van der Waals surface area contributed by atoms with Crippen molar-refractivity contribution in [1.82, 2.24) is 0 Å². The van der Waals surface area contributed by atoms with Gasteiger partial charge in [-0.15, -0.1) is 0 Å². The maximum atomic E-state index is 13.7. The van der Waals surface area contributed by atoms with Crippen LogP contribution in [0.5, 0.6) is 0 Å². The number of halogens is 2. The molecule has 4 heteroatoms. The number of hydrogen-bond acceptors (Lipinski definition) is 2. The molecule has 2 nitrogen and oxygen atoms in total. The molecule has 0 amide bonds. The molecular weight excluding hydrogens is 202 g/mol. The smallest absolute Gasteiger partial charge is 0.251 e. The Bertz CT molecular complexity index is 312. The van der Waals surface area contributed by atoms with E-state index in [2.05, 4.69) is 0 Å². The normalized spacial score (nSPS) is 53.2. The molecule has 1 spiro atoms. The molecule has 4 unspecified atom stereocenters. The summed E-state index contributed by atoms with van der Waals surface area (Å²) in [5, 5.41) is 0. The molecule has 15 heavy (non-hydrogen) atoms. The highest BCUT2D eigenvalue weighted by Gasteiger charge is 2.77. The van der Waals surface area contributed by atoms with Crippen molar-refractivity contribution in [2.24, 2.45) is 23.7 Å². The Morgan fingerprint density at radius 2 is 1.60 bits per heavy atom. The summed E-state index contributed by atoms with van der Waals surface area (Å²) < 4.78 is 38.7. The van der Waals surface area contributed by atoms with Gasteiger partial charge in [-0.25, -0.2) is 8.78 Å². The van der Waals surface area contributed by atoms with E-state index in [0.29, 0.717) is 19.6 Å². The van der Waals surface area contributed by atoms with Gasteiger partial charge in [0, 0.05) is 24.2 Å². The van der Waals surface area contributed by atoms with E-state index in [1.165, 1.54) is 0 Å². The summed E-state index contributed by atoms with van der Waals surface area (Å²) in [7, 11) is 0. The molecule has 4 atom stereocenters. The van der Waals surface area contributed by atoms with Crippen LogP contribution in [0.2, 0.25) is 0 Å². The summed E-state index contributed by atoms with van der Waals surface area (Å²) in [4.78, 5) is 0.